The largest absolute Gasteiger partial charge is 0.467 e. The summed E-state index contributed by atoms with van der Waals surface area (Å²) >= 11 is 0. The molecule has 1 atom stereocenters. The quantitative estimate of drug-likeness (QED) is 0.704. The zero-order valence-electron chi connectivity index (χ0n) is 16.1. The SMILES string of the molecule is CN1c2ccccc2C(=O)N(Cc2ccco2)[C@@H]1c1cnn(C(C)(C)C)c1. The fraction of sp³-hybridized carbons (Fsp3) is 0.333. The lowest BCUT2D eigenvalue weighted by atomic mass is 10.0. The molecule has 3 aromatic rings. The molecule has 0 unspecified atom stereocenters. The van der Waals surface area contributed by atoms with E-state index in [9.17, 15) is 4.79 Å². The van der Waals surface area contributed by atoms with E-state index in [4.69, 9.17) is 4.42 Å². The van der Waals surface area contributed by atoms with Gasteiger partial charge in [-0.25, -0.2) is 0 Å². The van der Waals surface area contributed by atoms with Gasteiger partial charge in [-0.2, -0.15) is 5.10 Å². The van der Waals surface area contributed by atoms with Crippen molar-refractivity contribution in [1.29, 1.82) is 0 Å². The van der Waals surface area contributed by atoms with Gasteiger partial charge in [-0.05, 0) is 45.0 Å². The topological polar surface area (TPSA) is 54.5 Å². The fourth-order valence-corrected chi connectivity index (χ4v) is 3.54. The van der Waals surface area contributed by atoms with Crippen molar-refractivity contribution in [3.8, 4) is 0 Å². The molecule has 1 aromatic carbocycles. The zero-order valence-corrected chi connectivity index (χ0v) is 16.1. The maximum Gasteiger partial charge on any atom is 0.258 e. The second-order valence-corrected chi connectivity index (χ2v) is 7.90. The number of aromatic nitrogens is 2. The molecule has 3 heterocycles. The second kappa shape index (κ2) is 6.30. The minimum atomic E-state index is -0.256. The first-order valence-corrected chi connectivity index (χ1v) is 9.06. The molecule has 0 radical (unpaired) electrons. The first-order chi connectivity index (χ1) is 12.9. The number of nitrogens with zero attached hydrogens (tertiary/aromatic N) is 4. The molecule has 0 bridgehead atoms. The Labute approximate surface area is 159 Å². The number of para-hydroxylation sites is 1. The molecule has 0 aliphatic carbocycles. The van der Waals surface area contributed by atoms with Crippen LogP contribution < -0.4 is 4.90 Å². The molecular weight excluding hydrogens is 340 g/mol. The molecule has 6 heteroatoms. The van der Waals surface area contributed by atoms with Crippen LogP contribution in [0.1, 0.15) is 48.6 Å². The third kappa shape index (κ3) is 3.01. The van der Waals surface area contributed by atoms with Crippen LogP contribution in [0.5, 0.6) is 0 Å². The molecule has 1 aliphatic rings. The van der Waals surface area contributed by atoms with Crippen molar-refractivity contribution in [2.24, 2.45) is 0 Å². The van der Waals surface area contributed by atoms with Crippen LogP contribution in [0.25, 0.3) is 0 Å². The lowest BCUT2D eigenvalue weighted by Gasteiger charge is -2.43. The number of fused-ring (bicyclic) bond motifs is 1. The van der Waals surface area contributed by atoms with Crippen molar-refractivity contribution in [1.82, 2.24) is 14.7 Å². The number of anilines is 1. The summed E-state index contributed by atoms with van der Waals surface area (Å²) in [6.07, 6.45) is 5.25. The molecule has 0 N–H and O–H groups in total. The summed E-state index contributed by atoms with van der Waals surface area (Å²) in [7, 11) is 2.01. The monoisotopic (exact) mass is 364 g/mol. The molecular formula is C21H24N4O2. The molecule has 1 amide bonds. The van der Waals surface area contributed by atoms with Gasteiger partial charge in [0.2, 0.25) is 0 Å². The number of hydrogen-bond donors (Lipinski definition) is 0. The number of amides is 1. The average Bonchev–Trinajstić information content (AvgIpc) is 3.31. The Morgan fingerprint density at radius 2 is 1.93 bits per heavy atom. The van der Waals surface area contributed by atoms with Gasteiger partial charge in [-0.1, -0.05) is 12.1 Å². The van der Waals surface area contributed by atoms with E-state index in [0.29, 0.717) is 12.1 Å². The van der Waals surface area contributed by atoms with Crippen molar-refractivity contribution in [3.05, 3.63) is 71.9 Å². The summed E-state index contributed by atoms with van der Waals surface area (Å²) in [5, 5.41) is 4.54. The van der Waals surface area contributed by atoms with E-state index in [1.807, 2.05) is 65.4 Å². The Kier molecular flexibility index (Phi) is 4.06. The standard InChI is InChI=1S/C21H24N4O2/c1-21(2,3)25-13-15(12-22-25)19-23(4)18-10-6-5-9-17(18)20(26)24(19)14-16-8-7-11-27-16/h5-13,19H,14H2,1-4H3/t19-/m1/s1. The smallest absolute Gasteiger partial charge is 0.258 e. The zero-order chi connectivity index (χ0) is 19.2. The predicted molar refractivity (Wildman–Crippen MR) is 103 cm³/mol. The van der Waals surface area contributed by atoms with E-state index >= 15 is 0 Å². The highest BCUT2D eigenvalue weighted by Gasteiger charge is 2.38. The molecule has 27 heavy (non-hydrogen) atoms. The number of hydrogen-bond acceptors (Lipinski definition) is 4. The predicted octanol–water partition coefficient (Wildman–Crippen LogP) is 4.02. The van der Waals surface area contributed by atoms with E-state index in [2.05, 4.69) is 30.8 Å². The fourth-order valence-electron chi connectivity index (χ4n) is 3.54. The van der Waals surface area contributed by atoms with Gasteiger partial charge >= 0.3 is 0 Å². The maximum absolute atomic E-state index is 13.3. The summed E-state index contributed by atoms with van der Waals surface area (Å²) in [5.41, 5.74) is 2.47. The van der Waals surface area contributed by atoms with Crippen molar-refractivity contribution < 1.29 is 9.21 Å². The van der Waals surface area contributed by atoms with Crippen LogP contribution in [0.4, 0.5) is 5.69 Å². The summed E-state index contributed by atoms with van der Waals surface area (Å²) in [6.45, 7) is 6.72. The Morgan fingerprint density at radius 1 is 1.15 bits per heavy atom. The van der Waals surface area contributed by atoms with Crippen LogP contribution in [0.15, 0.2) is 59.5 Å². The van der Waals surface area contributed by atoms with Gasteiger partial charge in [0.25, 0.3) is 5.91 Å². The number of furan rings is 1. The summed E-state index contributed by atoms with van der Waals surface area (Å²) in [4.78, 5) is 17.3. The van der Waals surface area contributed by atoms with Crippen molar-refractivity contribution in [2.75, 3.05) is 11.9 Å². The third-order valence-corrected chi connectivity index (χ3v) is 4.93. The maximum atomic E-state index is 13.3. The Balaban J connectivity index is 1.80. The summed E-state index contributed by atoms with van der Waals surface area (Å²) in [5.74, 6) is 0.748. The highest BCUT2D eigenvalue weighted by atomic mass is 16.3. The minimum Gasteiger partial charge on any atom is -0.467 e. The first-order valence-electron chi connectivity index (χ1n) is 9.06. The van der Waals surface area contributed by atoms with E-state index in [1.165, 1.54) is 0 Å². The van der Waals surface area contributed by atoms with Gasteiger partial charge in [0.15, 0.2) is 0 Å². The molecule has 0 fully saturated rings. The van der Waals surface area contributed by atoms with Crippen molar-refractivity contribution >= 4 is 11.6 Å². The Hall–Kier alpha value is -3.02. The van der Waals surface area contributed by atoms with Crippen LogP contribution in [-0.2, 0) is 12.1 Å². The normalized spacial score (nSPS) is 17.3. The van der Waals surface area contributed by atoms with Crippen LogP contribution in [-0.4, -0.2) is 27.6 Å². The molecule has 140 valence electrons. The van der Waals surface area contributed by atoms with Gasteiger partial charge in [0, 0.05) is 18.8 Å². The molecule has 6 nitrogen and oxygen atoms in total. The van der Waals surface area contributed by atoms with Gasteiger partial charge in [-0.3, -0.25) is 9.48 Å². The van der Waals surface area contributed by atoms with E-state index in [-0.39, 0.29) is 17.6 Å². The molecule has 0 saturated heterocycles. The van der Waals surface area contributed by atoms with E-state index in [1.54, 1.807) is 6.26 Å². The van der Waals surface area contributed by atoms with Crippen LogP contribution in [0.2, 0.25) is 0 Å². The molecule has 1 aliphatic heterocycles. The number of carbonyl (C=O) groups excluding carboxylic acids is 1. The summed E-state index contributed by atoms with van der Waals surface area (Å²) in [6, 6.07) is 11.4. The van der Waals surface area contributed by atoms with Crippen molar-refractivity contribution in [3.63, 3.8) is 0 Å². The average molecular weight is 364 g/mol. The molecule has 2 aromatic heterocycles. The van der Waals surface area contributed by atoms with E-state index < -0.39 is 0 Å². The first kappa shape index (κ1) is 17.4. The van der Waals surface area contributed by atoms with Crippen LogP contribution in [0.3, 0.4) is 0 Å². The van der Waals surface area contributed by atoms with Crippen LogP contribution >= 0.6 is 0 Å². The van der Waals surface area contributed by atoms with E-state index in [0.717, 1.165) is 17.0 Å². The highest BCUT2D eigenvalue weighted by molar-refractivity contribution is 6.02. The Bertz CT molecular complexity index is 953. The summed E-state index contributed by atoms with van der Waals surface area (Å²) < 4.78 is 7.45. The number of rotatable bonds is 3. The second-order valence-electron chi connectivity index (χ2n) is 7.90. The van der Waals surface area contributed by atoms with Gasteiger partial charge in [0.05, 0.1) is 35.8 Å². The highest BCUT2D eigenvalue weighted by Crippen LogP contribution is 2.38. The molecule has 4 rings (SSSR count). The molecule has 0 saturated carbocycles. The van der Waals surface area contributed by atoms with Gasteiger partial charge in [-0.15, -0.1) is 0 Å². The third-order valence-electron chi connectivity index (χ3n) is 4.93. The number of carbonyl (C=O) groups is 1. The lowest BCUT2D eigenvalue weighted by molar-refractivity contribution is 0.0619. The van der Waals surface area contributed by atoms with Gasteiger partial charge < -0.3 is 14.2 Å². The minimum absolute atomic E-state index is 0.00592. The lowest BCUT2D eigenvalue weighted by Crippen LogP contribution is -2.47. The number of benzene rings is 1. The Morgan fingerprint density at radius 3 is 2.59 bits per heavy atom. The van der Waals surface area contributed by atoms with Crippen molar-refractivity contribution in [2.45, 2.75) is 39.0 Å². The molecule has 0 spiro atoms. The van der Waals surface area contributed by atoms with Gasteiger partial charge in [0.1, 0.15) is 11.9 Å². The van der Waals surface area contributed by atoms with Crippen LogP contribution in [0, 0.1) is 0 Å².